The van der Waals surface area contributed by atoms with Gasteiger partial charge in [-0.05, 0) is 30.0 Å². The molecule has 1 aromatic heterocycles. The van der Waals surface area contributed by atoms with Crippen LogP contribution in [0.15, 0.2) is 53.7 Å². The molecule has 140 valence electrons. The fourth-order valence-corrected chi connectivity index (χ4v) is 3.46. The normalized spacial score (nSPS) is 12.8. The molecule has 0 unspecified atom stereocenters. The standard InChI is InChI=1S/C21H22FN3OS/c1-13(18(26)14-9-11-15(12-10-14)21(2,3)4)27-20-23-19(24-25-20)16-7-5-6-8-17(16)22/h5-13H,1-4H3,(H,23,24,25)/t13-/m1/s1. The summed E-state index contributed by atoms with van der Waals surface area (Å²) in [5.74, 6) is -0.00394. The first-order valence-corrected chi connectivity index (χ1v) is 9.62. The third-order valence-electron chi connectivity index (χ3n) is 4.28. The van der Waals surface area contributed by atoms with Crippen LogP contribution in [0.2, 0.25) is 0 Å². The Hall–Kier alpha value is -2.47. The first-order valence-electron chi connectivity index (χ1n) is 8.74. The highest BCUT2D eigenvalue weighted by Crippen LogP contribution is 2.27. The molecule has 27 heavy (non-hydrogen) atoms. The molecule has 0 spiro atoms. The Kier molecular flexibility index (Phi) is 5.46. The van der Waals surface area contributed by atoms with Crippen LogP contribution in [-0.4, -0.2) is 26.2 Å². The van der Waals surface area contributed by atoms with E-state index in [0.29, 0.717) is 22.1 Å². The summed E-state index contributed by atoms with van der Waals surface area (Å²) < 4.78 is 13.9. The van der Waals surface area contributed by atoms with E-state index in [1.165, 1.54) is 23.4 Å². The molecule has 6 heteroatoms. The Balaban J connectivity index is 1.71. The molecule has 0 amide bonds. The average molecular weight is 383 g/mol. The lowest BCUT2D eigenvalue weighted by atomic mass is 9.86. The summed E-state index contributed by atoms with van der Waals surface area (Å²) in [6.45, 7) is 8.24. The van der Waals surface area contributed by atoms with E-state index in [1.54, 1.807) is 18.2 Å². The van der Waals surface area contributed by atoms with Gasteiger partial charge in [0.25, 0.3) is 0 Å². The zero-order valence-electron chi connectivity index (χ0n) is 15.8. The van der Waals surface area contributed by atoms with E-state index in [-0.39, 0.29) is 22.3 Å². The van der Waals surface area contributed by atoms with Crippen LogP contribution < -0.4 is 0 Å². The highest BCUT2D eigenvalue weighted by molar-refractivity contribution is 8.00. The van der Waals surface area contributed by atoms with Crippen LogP contribution in [0.25, 0.3) is 11.4 Å². The van der Waals surface area contributed by atoms with Gasteiger partial charge >= 0.3 is 0 Å². The lowest BCUT2D eigenvalue weighted by Gasteiger charge is -2.19. The fourth-order valence-electron chi connectivity index (χ4n) is 2.65. The molecule has 0 saturated heterocycles. The van der Waals surface area contributed by atoms with Gasteiger partial charge in [0.15, 0.2) is 11.6 Å². The Bertz CT molecular complexity index is 945. The number of carbonyl (C=O) groups is 1. The average Bonchev–Trinajstić information content (AvgIpc) is 3.09. The second kappa shape index (κ2) is 7.64. The van der Waals surface area contributed by atoms with Crippen molar-refractivity contribution in [3.05, 3.63) is 65.5 Å². The van der Waals surface area contributed by atoms with E-state index in [9.17, 15) is 9.18 Å². The number of carbonyl (C=O) groups excluding carboxylic acids is 1. The fraction of sp³-hybridized carbons (Fsp3) is 0.286. The second-order valence-electron chi connectivity index (χ2n) is 7.40. The van der Waals surface area contributed by atoms with Crippen LogP contribution in [0.3, 0.4) is 0 Å². The number of nitrogens with one attached hydrogen (secondary N) is 1. The summed E-state index contributed by atoms with van der Waals surface area (Å²) in [6, 6.07) is 14.1. The van der Waals surface area contributed by atoms with Crippen LogP contribution in [0.5, 0.6) is 0 Å². The summed E-state index contributed by atoms with van der Waals surface area (Å²) in [7, 11) is 0. The Labute approximate surface area is 162 Å². The van der Waals surface area contributed by atoms with Gasteiger partial charge in [0.1, 0.15) is 5.82 Å². The monoisotopic (exact) mass is 383 g/mol. The summed E-state index contributed by atoms with van der Waals surface area (Å²) in [4.78, 5) is 17.0. The molecule has 1 atom stereocenters. The smallest absolute Gasteiger partial charge is 0.209 e. The number of Topliss-reactive ketones (excluding diaryl/α,β-unsaturated/α-hetero) is 1. The van der Waals surface area contributed by atoms with Crippen LogP contribution >= 0.6 is 11.8 Å². The maximum Gasteiger partial charge on any atom is 0.209 e. The van der Waals surface area contributed by atoms with E-state index in [0.717, 1.165) is 0 Å². The molecular weight excluding hydrogens is 361 g/mol. The lowest BCUT2D eigenvalue weighted by molar-refractivity contribution is 0.0994. The van der Waals surface area contributed by atoms with Crippen molar-refractivity contribution in [2.75, 3.05) is 0 Å². The van der Waals surface area contributed by atoms with Gasteiger partial charge in [-0.2, -0.15) is 0 Å². The predicted molar refractivity (Wildman–Crippen MR) is 107 cm³/mol. The summed E-state index contributed by atoms with van der Waals surface area (Å²) in [5, 5.41) is 6.91. The van der Waals surface area contributed by atoms with Crippen LogP contribution in [0.1, 0.15) is 43.6 Å². The molecule has 3 rings (SSSR count). The van der Waals surface area contributed by atoms with Gasteiger partial charge in [0.2, 0.25) is 5.16 Å². The van der Waals surface area contributed by atoms with E-state index in [1.807, 2.05) is 31.2 Å². The van der Waals surface area contributed by atoms with E-state index in [4.69, 9.17) is 0 Å². The zero-order chi connectivity index (χ0) is 19.6. The lowest BCUT2D eigenvalue weighted by Crippen LogP contribution is -2.15. The molecule has 4 nitrogen and oxygen atoms in total. The minimum Gasteiger partial charge on any atom is -0.293 e. The minimum atomic E-state index is -0.367. The molecule has 0 aliphatic heterocycles. The van der Waals surface area contributed by atoms with Crippen LogP contribution in [0.4, 0.5) is 4.39 Å². The van der Waals surface area contributed by atoms with Gasteiger partial charge < -0.3 is 0 Å². The molecule has 1 N–H and O–H groups in total. The Morgan fingerprint density at radius 1 is 1.11 bits per heavy atom. The van der Waals surface area contributed by atoms with Crippen molar-refractivity contribution in [1.29, 1.82) is 0 Å². The third-order valence-corrected chi connectivity index (χ3v) is 5.24. The number of rotatable bonds is 5. The number of nitrogens with zero attached hydrogens (tertiary/aromatic N) is 2. The van der Waals surface area contributed by atoms with Crippen molar-refractivity contribution < 1.29 is 9.18 Å². The van der Waals surface area contributed by atoms with E-state index >= 15 is 0 Å². The number of aromatic nitrogens is 3. The molecule has 0 bridgehead atoms. The van der Waals surface area contributed by atoms with Crippen molar-refractivity contribution in [3.63, 3.8) is 0 Å². The van der Waals surface area contributed by atoms with Gasteiger partial charge in [-0.3, -0.25) is 9.89 Å². The predicted octanol–water partition coefficient (Wildman–Crippen LogP) is 5.27. The number of halogens is 1. The summed E-state index contributed by atoms with van der Waals surface area (Å²) in [5.41, 5.74) is 2.24. The van der Waals surface area contributed by atoms with Crippen molar-refractivity contribution >= 4 is 17.5 Å². The SMILES string of the molecule is C[C@@H](Sc1n[nH]c(-c2ccccc2F)n1)C(=O)c1ccc(C(C)(C)C)cc1. The number of thioether (sulfide) groups is 1. The topological polar surface area (TPSA) is 58.6 Å². The largest absolute Gasteiger partial charge is 0.293 e. The molecule has 1 heterocycles. The molecule has 0 fully saturated rings. The third kappa shape index (κ3) is 4.45. The number of ketones is 1. The van der Waals surface area contributed by atoms with E-state index < -0.39 is 0 Å². The van der Waals surface area contributed by atoms with Crippen molar-refractivity contribution in [1.82, 2.24) is 15.2 Å². The quantitative estimate of drug-likeness (QED) is 0.481. The van der Waals surface area contributed by atoms with Gasteiger partial charge in [-0.25, -0.2) is 9.37 Å². The molecule has 0 radical (unpaired) electrons. The summed E-state index contributed by atoms with van der Waals surface area (Å²) >= 11 is 1.25. The number of hydrogen-bond acceptors (Lipinski definition) is 4. The van der Waals surface area contributed by atoms with Crippen LogP contribution in [-0.2, 0) is 5.41 Å². The molecule has 0 aliphatic carbocycles. The Morgan fingerprint density at radius 2 is 1.78 bits per heavy atom. The van der Waals surface area contributed by atoms with E-state index in [2.05, 4.69) is 36.0 Å². The molecule has 0 aliphatic rings. The van der Waals surface area contributed by atoms with Gasteiger partial charge in [0.05, 0.1) is 10.8 Å². The van der Waals surface area contributed by atoms with Gasteiger partial charge in [0, 0.05) is 5.56 Å². The molecule has 0 saturated carbocycles. The number of hydrogen-bond donors (Lipinski definition) is 1. The number of benzene rings is 2. The first-order chi connectivity index (χ1) is 12.8. The second-order valence-corrected chi connectivity index (χ2v) is 8.71. The highest BCUT2D eigenvalue weighted by atomic mass is 32.2. The molecule has 2 aromatic carbocycles. The van der Waals surface area contributed by atoms with Crippen molar-refractivity contribution in [2.45, 2.75) is 43.5 Å². The van der Waals surface area contributed by atoms with Crippen molar-refractivity contribution in [3.8, 4) is 11.4 Å². The van der Waals surface area contributed by atoms with Gasteiger partial charge in [-0.1, -0.05) is 68.9 Å². The zero-order valence-corrected chi connectivity index (χ0v) is 16.6. The Morgan fingerprint density at radius 3 is 2.41 bits per heavy atom. The van der Waals surface area contributed by atoms with Crippen LogP contribution in [0, 0.1) is 5.82 Å². The first kappa shape index (κ1) is 19.3. The minimum absolute atomic E-state index is 0.0118. The molecular formula is C21H22FN3OS. The number of H-pyrrole nitrogens is 1. The summed E-state index contributed by atoms with van der Waals surface area (Å²) in [6.07, 6.45) is 0. The van der Waals surface area contributed by atoms with Crippen molar-refractivity contribution in [2.24, 2.45) is 0 Å². The molecule has 3 aromatic rings. The highest BCUT2D eigenvalue weighted by Gasteiger charge is 2.20. The van der Waals surface area contributed by atoms with Gasteiger partial charge in [-0.15, -0.1) is 5.10 Å². The maximum absolute atomic E-state index is 13.9. The maximum atomic E-state index is 13.9. The number of aromatic amines is 1.